The van der Waals surface area contributed by atoms with Crippen molar-refractivity contribution < 1.29 is 9.84 Å². The van der Waals surface area contributed by atoms with Crippen molar-refractivity contribution in [1.82, 2.24) is 0 Å². The summed E-state index contributed by atoms with van der Waals surface area (Å²) in [5.74, 6) is 0.446. The maximum absolute atomic E-state index is 10.1. The Hall–Kier alpha value is -0.860. The zero-order valence-electron chi connectivity index (χ0n) is 9.10. The van der Waals surface area contributed by atoms with Gasteiger partial charge in [0.1, 0.15) is 6.10 Å². The fraction of sp³-hybridized carbons (Fsp3) is 0.538. The molecule has 2 nitrogen and oxygen atoms in total. The molecule has 82 valence electrons. The van der Waals surface area contributed by atoms with E-state index >= 15 is 0 Å². The summed E-state index contributed by atoms with van der Waals surface area (Å²) in [4.78, 5) is 0. The van der Waals surface area contributed by atoms with Crippen LogP contribution < -0.4 is 0 Å². The lowest BCUT2D eigenvalue weighted by atomic mass is 10.0. The minimum absolute atomic E-state index is 0.149. The Morgan fingerprint density at radius 2 is 2.00 bits per heavy atom. The molecular weight excluding hydrogens is 188 g/mol. The van der Waals surface area contributed by atoms with Crippen molar-refractivity contribution in [3.05, 3.63) is 35.9 Å². The van der Waals surface area contributed by atoms with Crippen molar-refractivity contribution in [2.75, 3.05) is 6.61 Å². The third kappa shape index (κ3) is 2.58. The Kier molecular flexibility index (Phi) is 3.39. The van der Waals surface area contributed by atoms with Gasteiger partial charge in [-0.2, -0.15) is 0 Å². The molecule has 1 aromatic rings. The minimum atomic E-state index is -0.340. The number of hydrogen-bond acceptors (Lipinski definition) is 2. The highest BCUT2D eigenvalue weighted by molar-refractivity contribution is 5.19. The third-order valence-corrected chi connectivity index (χ3v) is 2.89. The van der Waals surface area contributed by atoms with Crippen LogP contribution in [0.3, 0.4) is 0 Å². The Labute approximate surface area is 90.9 Å². The van der Waals surface area contributed by atoms with Gasteiger partial charge in [-0.05, 0) is 31.2 Å². The van der Waals surface area contributed by atoms with Gasteiger partial charge in [-0.1, -0.05) is 30.3 Å². The molecule has 1 saturated carbocycles. The second-order valence-electron chi connectivity index (χ2n) is 4.11. The van der Waals surface area contributed by atoms with E-state index < -0.39 is 0 Å². The smallest absolute Gasteiger partial charge is 0.109 e. The van der Waals surface area contributed by atoms with Gasteiger partial charge < -0.3 is 9.84 Å². The molecule has 2 rings (SSSR count). The number of aliphatic hydroxyl groups is 1. The van der Waals surface area contributed by atoms with E-state index in [1.54, 1.807) is 0 Å². The predicted octanol–water partition coefficient (Wildman–Crippen LogP) is 2.54. The first kappa shape index (κ1) is 10.7. The first-order chi connectivity index (χ1) is 7.33. The van der Waals surface area contributed by atoms with Gasteiger partial charge in [0.05, 0.1) is 6.10 Å². The third-order valence-electron chi connectivity index (χ3n) is 2.89. The van der Waals surface area contributed by atoms with E-state index in [1.807, 2.05) is 37.3 Å². The van der Waals surface area contributed by atoms with Crippen molar-refractivity contribution in [2.45, 2.75) is 32.0 Å². The molecule has 0 bridgehead atoms. The van der Waals surface area contributed by atoms with Gasteiger partial charge >= 0.3 is 0 Å². The molecule has 2 unspecified atom stereocenters. The molecule has 1 N–H and O–H groups in total. The first-order valence-corrected chi connectivity index (χ1v) is 5.67. The molecule has 0 radical (unpaired) electrons. The van der Waals surface area contributed by atoms with Crippen molar-refractivity contribution in [3.63, 3.8) is 0 Å². The van der Waals surface area contributed by atoms with Crippen LogP contribution in [-0.2, 0) is 4.74 Å². The average molecular weight is 206 g/mol. The van der Waals surface area contributed by atoms with E-state index in [-0.39, 0.29) is 12.2 Å². The van der Waals surface area contributed by atoms with E-state index in [0.717, 1.165) is 18.4 Å². The van der Waals surface area contributed by atoms with Crippen LogP contribution in [0.2, 0.25) is 0 Å². The topological polar surface area (TPSA) is 29.5 Å². The van der Waals surface area contributed by atoms with Crippen LogP contribution in [0, 0.1) is 5.92 Å². The van der Waals surface area contributed by atoms with Crippen molar-refractivity contribution in [2.24, 2.45) is 5.92 Å². The summed E-state index contributed by atoms with van der Waals surface area (Å²) >= 11 is 0. The first-order valence-electron chi connectivity index (χ1n) is 5.67. The molecule has 0 spiro atoms. The molecule has 1 fully saturated rings. The lowest BCUT2D eigenvalue weighted by Crippen LogP contribution is -2.23. The monoisotopic (exact) mass is 206 g/mol. The van der Waals surface area contributed by atoms with Crippen molar-refractivity contribution in [3.8, 4) is 0 Å². The van der Waals surface area contributed by atoms with E-state index in [0.29, 0.717) is 12.5 Å². The van der Waals surface area contributed by atoms with Crippen LogP contribution in [0.15, 0.2) is 30.3 Å². The molecule has 0 saturated heterocycles. The van der Waals surface area contributed by atoms with Gasteiger partial charge in [0.25, 0.3) is 0 Å². The van der Waals surface area contributed by atoms with Crippen LogP contribution in [0.1, 0.15) is 31.4 Å². The molecule has 0 aromatic heterocycles. The second kappa shape index (κ2) is 4.77. The Morgan fingerprint density at radius 1 is 1.33 bits per heavy atom. The lowest BCUT2D eigenvalue weighted by Gasteiger charge is -2.23. The van der Waals surface area contributed by atoms with Gasteiger partial charge in [0.15, 0.2) is 0 Å². The standard InChI is InChI=1S/C13H18O2/c1-2-15-13(12(14)10-8-9-10)11-6-4-3-5-7-11/h3-7,10,12-14H,2,8-9H2,1H3. The van der Waals surface area contributed by atoms with Gasteiger partial charge in [-0.3, -0.25) is 0 Å². The van der Waals surface area contributed by atoms with E-state index in [9.17, 15) is 5.11 Å². The number of ether oxygens (including phenoxy) is 1. The van der Waals surface area contributed by atoms with E-state index in [1.165, 1.54) is 0 Å². The Balaban J connectivity index is 2.11. The maximum atomic E-state index is 10.1. The summed E-state index contributed by atoms with van der Waals surface area (Å²) in [6, 6.07) is 10.00. The summed E-state index contributed by atoms with van der Waals surface area (Å²) in [6.07, 6.45) is 1.78. The molecule has 1 aliphatic rings. The predicted molar refractivity (Wildman–Crippen MR) is 59.5 cm³/mol. The summed E-state index contributed by atoms with van der Waals surface area (Å²) in [6.45, 7) is 2.61. The van der Waals surface area contributed by atoms with Crippen molar-refractivity contribution in [1.29, 1.82) is 0 Å². The largest absolute Gasteiger partial charge is 0.390 e. The summed E-state index contributed by atoms with van der Waals surface area (Å²) < 4.78 is 5.64. The SMILES string of the molecule is CCOC(c1ccccc1)C(O)C1CC1. The van der Waals surface area contributed by atoms with Gasteiger partial charge in [0, 0.05) is 6.61 Å². The number of aliphatic hydroxyl groups excluding tert-OH is 1. The average Bonchev–Trinajstić information content (AvgIpc) is 3.10. The zero-order chi connectivity index (χ0) is 10.7. The number of hydrogen-bond donors (Lipinski definition) is 1. The molecule has 1 aliphatic carbocycles. The van der Waals surface area contributed by atoms with Crippen LogP contribution in [0.4, 0.5) is 0 Å². The number of benzene rings is 1. The van der Waals surface area contributed by atoms with Crippen LogP contribution in [0.5, 0.6) is 0 Å². The quantitative estimate of drug-likeness (QED) is 0.802. The highest BCUT2D eigenvalue weighted by Gasteiger charge is 2.36. The molecule has 0 heterocycles. The van der Waals surface area contributed by atoms with E-state index in [2.05, 4.69) is 0 Å². The van der Waals surface area contributed by atoms with E-state index in [4.69, 9.17) is 4.74 Å². The molecule has 0 amide bonds. The Bertz CT molecular complexity index is 293. The van der Waals surface area contributed by atoms with Crippen LogP contribution >= 0.6 is 0 Å². The fourth-order valence-electron chi connectivity index (χ4n) is 1.90. The summed E-state index contributed by atoms with van der Waals surface area (Å²) in [5, 5.41) is 10.1. The molecule has 15 heavy (non-hydrogen) atoms. The zero-order valence-corrected chi connectivity index (χ0v) is 9.10. The molecule has 1 aromatic carbocycles. The lowest BCUT2D eigenvalue weighted by molar-refractivity contribution is -0.0440. The molecular formula is C13H18O2. The Morgan fingerprint density at radius 3 is 2.53 bits per heavy atom. The minimum Gasteiger partial charge on any atom is -0.390 e. The molecule has 0 aliphatic heterocycles. The number of rotatable bonds is 5. The highest BCUT2D eigenvalue weighted by Crippen LogP contribution is 2.39. The molecule has 2 heteroatoms. The van der Waals surface area contributed by atoms with Gasteiger partial charge in [-0.15, -0.1) is 0 Å². The van der Waals surface area contributed by atoms with Crippen LogP contribution in [-0.4, -0.2) is 17.8 Å². The second-order valence-corrected chi connectivity index (χ2v) is 4.11. The highest BCUT2D eigenvalue weighted by atomic mass is 16.5. The van der Waals surface area contributed by atoms with Crippen LogP contribution in [0.25, 0.3) is 0 Å². The van der Waals surface area contributed by atoms with Gasteiger partial charge in [0.2, 0.25) is 0 Å². The maximum Gasteiger partial charge on any atom is 0.109 e. The summed E-state index contributed by atoms with van der Waals surface area (Å²) in [5.41, 5.74) is 1.08. The fourth-order valence-corrected chi connectivity index (χ4v) is 1.90. The van der Waals surface area contributed by atoms with Crippen molar-refractivity contribution >= 4 is 0 Å². The van der Waals surface area contributed by atoms with Gasteiger partial charge in [-0.25, -0.2) is 0 Å². The molecule has 2 atom stereocenters. The normalized spacial score (nSPS) is 19.9. The summed E-state index contributed by atoms with van der Waals surface area (Å²) in [7, 11) is 0.